The van der Waals surface area contributed by atoms with Gasteiger partial charge in [-0.15, -0.1) is 11.3 Å². The number of benzene rings is 1. The van der Waals surface area contributed by atoms with E-state index in [1.807, 2.05) is 30.0 Å². The largest absolute Gasteiger partial charge is 0.351 e. The Bertz CT molecular complexity index is 882. The number of hydrogen-bond acceptors (Lipinski definition) is 6. The minimum atomic E-state index is -0.0785. The quantitative estimate of drug-likeness (QED) is 0.708. The number of nitrogens with zero attached hydrogens (tertiary/aromatic N) is 4. The molecule has 0 spiro atoms. The van der Waals surface area contributed by atoms with E-state index in [-0.39, 0.29) is 5.91 Å². The zero-order chi connectivity index (χ0) is 17.9. The zero-order valence-electron chi connectivity index (χ0n) is 14.6. The second kappa shape index (κ2) is 7.39. The lowest BCUT2D eigenvalue weighted by molar-refractivity contribution is 0.0587. The molecule has 1 aromatic carbocycles. The van der Waals surface area contributed by atoms with Gasteiger partial charge in [-0.05, 0) is 6.92 Å². The average molecular weight is 368 g/mol. The van der Waals surface area contributed by atoms with Crippen LogP contribution in [0.3, 0.4) is 0 Å². The molecule has 134 valence electrons. The van der Waals surface area contributed by atoms with Gasteiger partial charge in [-0.25, -0.2) is 4.98 Å². The third kappa shape index (κ3) is 3.68. The molecule has 1 saturated heterocycles. The lowest BCUT2D eigenvalue weighted by Crippen LogP contribution is -2.48. The predicted octanol–water partition coefficient (Wildman–Crippen LogP) is 3.06. The summed E-state index contributed by atoms with van der Waals surface area (Å²) in [5.74, 6) is 0.244. The van der Waals surface area contributed by atoms with Crippen molar-refractivity contribution in [2.24, 2.45) is 0 Å². The summed E-state index contributed by atoms with van der Waals surface area (Å²) in [6.45, 7) is 5.67. The predicted molar refractivity (Wildman–Crippen MR) is 100.0 cm³/mol. The number of amides is 1. The molecule has 2 aromatic heterocycles. The van der Waals surface area contributed by atoms with Crippen LogP contribution in [-0.4, -0.2) is 52.0 Å². The van der Waals surface area contributed by atoms with Gasteiger partial charge in [0.25, 0.3) is 5.91 Å². The van der Waals surface area contributed by atoms with Crippen LogP contribution in [0, 0.1) is 6.92 Å². The van der Waals surface area contributed by atoms with Gasteiger partial charge in [0.05, 0.1) is 11.4 Å². The third-order valence-electron chi connectivity index (χ3n) is 4.46. The lowest BCUT2D eigenvalue weighted by Gasteiger charge is -2.33. The summed E-state index contributed by atoms with van der Waals surface area (Å²) < 4.78 is 5.08. The molecule has 1 aliphatic heterocycles. The topological polar surface area (TPSA) is 62.5 Å². The lowest BCUT2D eigenvalue weighted by atomic mass is 10.2. The van der Waals surface area contributed by atoms with Crippen molar-refractivity contribution >= 4 is 17.2 Å². The van der Waals surface area contributed by atoms with E-state index in [4.69, 9.17) is 9.51 Å². The standard InChI is InChI=1S/C19H20N4O2S/c1-14-11-17(25-21-14)19(24)23-9-7-22(8-10-23)12-16-13-26-18(20-16)15-5-3-2-4-6-15/h2-6,11,13H,7-10,12H2,1H3. The Balaban J connectivity index is 1.33. The van der Waals surface area contributed by atoms with Crippen molar-refractivity contribution in [2.75, 3.05) is 26.2 Å². The smallest absolute Gasteiger partial charge is 0.292 e. The fourth-order valence-corrected chi connectivity index (χ4v) is 3.87. The molecule has 3 heterocycles. The Kier molecular flexibility index (Phi) is 4.81. The first kappa shape index (κ1) is 16.9. The number of hydrogen-bond donors (Lipinski definition) is 0. The highest BCUT2D eigenvalue weighted by atomic mass is 32.1. The average Bonchev–Trinajstić information content (AvgIpc) is 3.32. The van der Waals surface area contributed by atoms with Crippen LogP contribution < -0.4 is 0 Å². The first-order chi connectivity index (χ1) is 12.7. The van der Waals surface area contributed by atoms with Gasteiger partial charge in [0, 0.05) is 49.7 Å². The molecule has 0 bridgehead atoms. The number of rotatable bonds is 4. The highest BCUT2D eigenvalue weighted by molar-refractivity contribution is 7.13. The molecule has 0 aliphatic carbocycles. The maximum absolute atomic E-state index is 12.4. The zero-order valence-corrected chi connectivity index (χ0v) is 15.4. The minimum Gasteiger partial charge on any atom is -0.351 e. The van der Waals surface area contributed by atoms with E-state index in [9.17, 15) is 4.79 Å². The first-order valence-electron chi connectivity index (χ1n) is 8.64. The molecule has 0 unspecified atom stereocenters. The van der Waals surface area contributed by atoms with Crippen LogP contribution in [-0.2, 0) is 6.54 Å². The van der Waals surface area contributed by atoms with Gasteiger partial charge < -0.3 is 9.42 Å². The maximum Gasteiger partial charge on any atom is 0.292 e. The molecule has 1 fully saturated rings. The molecule has 26 heavy (non-hydrogen) atoms. The van der Waals surface area contributed by atoms with Crippen molar-refractivity contribution in [3.8, 4) is 10.6 Å². The van der Waals surface area contributed by atoms with E-state index in [0.29, 0.717) is 18.8 Å². The number of thiazole rings is 1. The molecule has 4 rings (SSSR count). The van der Waals surface area contributed by atoms with Crippen molar-refractivity contribution in [3.63, 3.8) is 0 Å². The van der Waals surface area contributed by atoms with Gasteiger partial charge in [0.2, 0.25) is 5.76 Å². The van der Waals surface area contributed by atoms with Crippen molar-refractivity contribution in [3.05, 3.63) is 58.9 Å². The minimum absolute atomic E-state index is 0.0785. The van der Waals surface area contributed by atoms with Crippen LogP contribution in [0.1, 0.15) is 21.9 Å². The molecule has 3 aromatic rings. The SMILES string of the molecule is Cc1cc(C(=O)N2CCN(Cc3csc(-c4ccccc4)n3)CC2)on1. The van der Waals surface area contributed by atoms with Crippen LogP contribution in [0.15, 0.2) is 46.3 Å². The molecule has 1 amide bonds. The van der Waals surface area contributed by atoms with Gasteiger partial charge in [0.1, 0.15) is 5.01 Å². The molecule has 7 heteroatoms. The van der Waals surface area contributed by atoms with E-state index >= 15 is 0 Å². The number of piperazine rings is 1. The van der Waals surface area contributed by atoms with Gasteiger partial charge in [-0.1, -0.05) is 35.5 Å². The molecule has 0 saturated carbocycles. The van der Waals surface area contributed by atoms with Crippen LogP contribution in [0.25, 0.3) is 10.6 Å². The third-order valence-corrected chi connectivity index (χ3v) is 5.40. The Morgan fingerprint density at radius 2 is 1.96 bits per heavy atom. The van der Waals surface area contributed by atoms with E-state index in [1.54, 1.807) is 17.4 Å². The number of aromatic nitrogens is 2. The summed E-state index contributed by atoms with van der Waals surface area (Å²) in [5, 5.41) is 6.96. The summed E-state index contributed by atoms with van der Waals surface area (Å²) in [6, 6.07) is 11.9. The van der Waals surface area contributed by atoms with Crippen molar-refractivity contribution in [1.82, 2.24) is 19.9 Å². The summed E-state index contributed by atoms with van der Waals surface area (Å²) in [7, 11) is 0. The van der Waals surface area contributed by atoms with E-state index < -0.39 is 0 Å². The number of carbonyl (C=O) groups is 1. The molecule has 0 N–H and O–H groups in total. The normalized spacial score (nSPS) is 15.3. The molecule has 1 aliphatic rings. The Labute approximate surface area is 156 Å². The fraction of sp³-hybridized carbons (Fsp3) is 0.316. The Morgan fingerprint density at radius 1 is 1.19 bits per heavy atom. The van der Waals surface area contributed by atoms with Gasteiger partial charge >= 0.3 is 0 Å². The van der Waals surface area contributed by atoms with Crippen LogP contribution >= 0.6 is 11.3 Å². The first-order valence-corrected chi connectivity index (χ1v) is 9.52. The number of aryl methyl sites for hydroxylation is 1. The van der Waals surface area contributed by atoms with E-state index in [1.165, 1.54) is 0 Å². The van der Waals surface area contributed by atoms with Crippen molar-refractivity contribution in [1.29, 1.82) is 0 Å². The Morgan fingerprint density at radius 3 is 2.65 bits per heavy atom. The molecular weight excluding hydrogens is 348 g/mol. The van der Waals surface area contributed by atoms with Gasteiger partial charge in [-0.3, -0.25) is 9.69 Å². The van der Waals surface area contributed by atoms with E-state index in [2.05, 4.69) is 27.6 Å². The molecule has 0 radical (unpaired) electrons. The fourth-order valence-electron chi connectivity index (χ4n) is 3.05. The second-order valence-electron chi connectivity index (χ2n) is 6.41. The summed E-state index contributed by atoms with van der Waals surface area (Å²) in [6.07, 6.45) is 0. The molecule has 6 nitrogen and oxygen atoms in total. The van der Waals surface area contributed by atoms with Gasteiger partial charge in [-0.2, -0.15) is 0 Å². The summed E-state index contributed by atoms with van der Waals surface area (Å²) >= 11 is 1.67. The molecule has 0 atom stereocenters. The highest BCUT2D eigenvalue weighted by Gasteiger charge is 2.25. The number of carbonyl (C=O) groups excluding carboxylic acids is 1. The monoisotopic (exact) mass is 368 g/mol. The maximum atomic E-state index is 12.4. The van der Waals surface area contributed by atoms with Crippen LogP contribution in [0.5, 0.6) is 0 Å². The van der Waals surface area contributed by atoms with Crippen molar-refractivity contribution in [2.45, 2.75) is 13.5 Å². The Hall–Kier alpha value is -2.51. The van der Waals surface area contributed by atoms with Crippen molar-refractivity contribution < 1.29 is 9.32 Å². The summed E-state index contributed by atoms with van der Waals surface area (Å²) in [4.78, 5) is 21.3. The van der Waals surface area contributed by atoms with Crippen LogP contribution in [0.2, 0.25) is 0 Å². The summed E-state index contributed by atoms with van der Waals surface area (Å²) in [5.41, 5.74) is 2.96. The highest BCUT2D eigenvalue weighted by Crippen LogP contribution is 2.24. The van der Waals surface area contributed by atoms with Gasteiger partial charge in [0.15, 0.2) is 0 Å². The van der Waals surface area contributed by atoms with E-state index in [0.717, 1.165) is 41.6 Å². The second-order valence-corrected chi connectivity index (χ2v) is 7.27. The van der Waals surface area contributed by atoms with Crippen LogP contribution in [0.4, 0.5) is 0 Å². The molecular formula is C19H20N4O2S.